The Morgan fingerprint density at radius 1 is 1.14 bits per heavy atom. The predicted octanol–water partition coefficient (Wildman–Crippen LogP) is 7.83. The highest BCUT2D eigenvalue weighted by Gasteiger charge is 2.44. The number of benzene rings is 2. The average Bonchev–Trinajstić information content (AvgIpc) is 3.24. The van der Waals surface area contributed by atoms with Gasteiger partial charge in [0, 0.05) is 35.3 Å². The van der Waals surface area contributed by atoms with Crippen molar-refractivity contribution in [1.29, 1.82) is 0 Å². The molecule has 2 aliphatic carbocycles. The van der Waals surface area contributed by atoms with Crippen LogP contribution in [0.2, 0.25) is 5.02 Å². The van der Waals surface area contributed by atoms with E-state index in [1.54, 1.807) is 12.1 Å². The largest absolute Gasteiger partial charge is 0.490 e. The number of nitrogens with one attached hydrogen (secondary N) is 1. The Balaban J connectivity index is 0.000000458. The van der Waals surface area contributed by atoms with Gasteiger partial charge in [-0.2, -0.15) is 0 Å². The van der Waals surface area contributed by atoms with E-state index in [1.807, 2.05) is 58.0 Å². The molecule has 0 saturated heterocycles. The predicted molar refractivity (Wildman–Crippen MR) is 196 cm³/mol. The number of pyridine rings is 1. The molecule has 1 aromatic heterocycles. The first-order valence-electron chi connectivity index (χ1n) is 17.6. The van der Waals surface area contributed by atoms with Gasteiger partial charge in [0.1, 0.15) is 22.6 Å². The number of allylic oxidation sites excluding steroid dienone is 1. The highest BCUT2D eigenvalue weighted by atomic mass is 35.5. The van der Waals surface area contributed by atoms with Crippen molar-refractivity contribution in [2.75, 3.05) is 24.6 Å². The van der Waals surface area contributed by atoms with Crippen LogP contribution in [0.5, 0.6) is 5.75 Å². The van der Waals surface area contributed by atoms with E-state index in [2.05, 4.69) is 26.7 Å². The van der Waals surface area contributed by atoms with Crippen LogP contribution in [0.4, 0.5) is 10.1 Å². The van der Waals surface area contributed by atoms with Crippen molar-refractivity contribution in [2.24, 2.45) is 17.8 Å². The second kappa shape index (κ2) is 16.6. The summed E-state index contributed by atoms with van der Waals surface area (Å²) in [6.07, 6.45) is 12.0. The van der Waals surface area contributed by atoms with E-state index in [4.69, 9.17) is 16.3 Å². The number of rotatable bonds is 0. The van der Waals surface area contributed by atoms with E-state index in [9.17, 15) is 18.5 Å². The molecular weight excluding hydrogens is 661 g/mol. The van der Waals surface area contributed by atoms with E-state index in [1.165, 1.54) is 29.6 Å². The number of aliphatic hydroxyl groups excluding tert-OH is 1. The quantitative estimate of drug-likeness (QED) is 0.231. The van der Waals surface area contributed by atoms with Gasteiger partial charge < -0.3 is 14.7 Å². The minimum absolute atomic E-state index is 0.0926. The second-order valence-corrected chi connectivity index (χ2v) is 15.5. The molecule has 2 aromatic carbocycles. The van der Waals surface area contributed by atoms with Crippen LogP contribution in [0.15, 0.2) is 73.1 Å². The van der Waals surface area contributed by atoms with Gasteiger partial charge in [0.15, 0.2) is 0 Å². The molecule has 2 N–H and O–H groups in total. The summed E-state index contributed by atoms with van der Waals surface area (Å²) in [7, 11) is -1.53. The van der Waals surface area contributed by atoms with E-state index in [0.29, 0.717) is 24.5 Å². The van der Waals surface area contributed by atoms with E-state index >= 15 is 0 Å². The van der Waals surface area contributed by atoms with Crippen LogP contribution in [0, 0.1) is 23.6 Å². The molecule has 2 aliphatic heterocycles. The van der Waals surface area contributed by atoms with E-state index in [0.717, 1.165) is 61.7 Å². The van der Waals surface area contributed by atoms with Gasteiger partial charge in [-0.25, -0.2) is 8.60 Å². The second-order valence-electron chi connectivity index (χ2n) is 13.5. The highest BCUT2D eigenvalue weighted by Crippen LogP contribution is 2.46. The zero-order valence-corrected chi connectivity index (χ0v) is 30.5. The summed E-state index contributed by atoms with van der Waals surface area (Å²) in [4.78, 5) is 19.2. The summed E-state index contributed by atoms with van der Waals surface area (Å²) in [5, 5.41) is 11.6. The van der Waals surface area contributed by atoms with Crippen molar-refractivity contribution in [3.05, 3.63) is 101 Å². The molecule has 49 heavy (non-hydrogen) atoms. The summed E-state index contributed by atoms with van der Waals surface area (Å²) >= 11 is 6.39. The molecule has 264 valence electrons. The number of anilines is 1. The van der Waals surface area contributed by atoms with Gasteiger partial charge in [-0.1, -0.05) is 50.6 Å². The van der Waals surface area contributed by atoms with Gasteiger partial charge in [-0.05, 0) is 117 Å². The van der Waals surface area contributed by atoms with Crippen LogP contribution in [0.3, 0.4) is 0 Å². The van der Waals surface area contributed by atoms with Crippen molar-refractivity contribution >= 4 is 34.2 Å². The fourth-order valence-corrected chi connectivity index (χ4v) is 8.59. The molecule has 1 fully saturated rings. The Kier molecular flexibility index (Phi) is 12.6. The zero-order chi connectivity index (χ0) is 35.1. The molecule has 0 radical (unpaired) electrons. The van der Waals surface area contributed by atoms with Gasteiger partial charge in [0.2, 0.25) is 0 Å². The Hall–Kier alpha value is -3.27. The minimum Gasteiger partial charge on any atom is -0.490 e. The lowest BCUT2D eigenvalue weighted by molar-refractivity contribution is 0.0456. The fraction of sp³-hybridized carbons (Fsp3) is 0.487. The van der Waals surface area contributed by atoms with Crippen LogP contribution in [0.1, 0.15) is 81.3 Å². The maximum Gasteiger partial charge on any atom is 0.263 e. The molecule has 1 spiro atoms. The van der Waals surface area contributed by atoms with Crippen LogP contribution in [-0.2, 0) is 22.8 Å². The highest BCUT2D eigenvalue weighted by molar-refractivity contribution is 7.84. The fourth-order valence-electron chi connectivity index (χ4n) is 7.37. The van der Waals surface area contributed by atoms with Gasteiger partial charge in [-0.15, -0.1) is 0 Å². The third-order valence-electron chi connectivity index (χ3n) is 10.5. The van der Waals surface area contributed by atoms with E-state index in [-0.39, 0.29) is 34.2 Å². The van der Waals surface area contributed by atoms with Gasteiger partial charge in [-0.3, -0.25) is 14.5 Å². The first kappa shape index (κ1) is 37.0. The van der Waals surface area contributed by atoms with Crippen molar-refractivity contribution in [3.63, 3.8) is 0 Å². The molecule has 7 rings (SSSR count). The smallest absolute Gasteiger partial charge is 0.263 e. The Bertz CT molecular complexity index is 1640. The summed E-state index contributed by atoms with van der Waals surface area (Å²) in [5.74, 6) is 0.757. The lowest BCUT2D eigenvalue weighted by atomic mass is 9.68. The maximum atomic E-state index is 13.3. The Morgan fingerprint density at radius 3 is 2.65 bits per heavy atom. The molecule has 1 amide bonds. The number of nitrogens with zero attached hydrogens (tertiary/aromatic N) is 2. The topological polar surface area (TPSA) is 91.8 Å². The number of carbonyl (C=O) groups excluding carboxylic acids is 1. The third-order valence-corrected chi connectivity index (χ3v) is 12.2. The number of aliphatic hydroxyl groups is 1. The minimum atomic E-state index is -1.53. The first-order valence-corrected chi connectivity index (χ1v) is 19.1. The van der Waals surface area contributed by atoms with Gasteiger partial charge in [0.25, 0.3) is 5.91 Å². The molecule has 2 bridgehead atoms. The number of carbonyl (C=O) groups is 1. The van der Waals surface area contributed by atoms with E-state index < -0.39 is 17.1 Å². The number of amides is 1. The van der Waals surface area contributed by atoms with Gasteiger partial charge >= 0.3 is 0 Å². The van der Waals surface area contributed by atoms with Crippen molar-refractivity contribution in [1.82, 2.24) is 9.71 Å². The van der Waals surface area contributed by atoms with Crippen molar-refractivity contribution in [3.8, 4) is 5.75 Å². The summed E-state index contributed by atoms with van der Waals surface area (Å²) in [6, 6.07) is 14.7. The normalized spacial score (nSPS) is 29.9. The van der Waals surface area contributed by atoms with Crippen molar-refractivity contribution in [2.45, 2.75) is 83.0 Å². The maximum absolute atomic E-state index is 13.3. The number of halogens is 2. The average molecular weight is 710 g/mol. The van der Waals surface area contributed by atoms with Crippen molar-refractivity contribution < 1.29 is 23.2 Å². The third kappa shape index (κ3) is 8.55. The summed E-state index contributed by atoms with van der Waals surface area (Å²) in [6.45, 7) is 10.0. The Morgan fingerprint density at radius 2 is 1.96 bits per heavy atom. The monoisotopic (exact) mass is 709 g/mol. The number of fused-ring (bicyclic) bond motifs is 4. The number of hydrogen-bond acceptors (Lipinski definition) is 6. The Labute approximate surface area is 297 Å². The molecule has 3 aromatic rings. The number of ether oxygens (including phenoxy) is 1. The van der Waals surface area contributed by atoms with Crippen LogP contribution >= 0.6 is 11.6 Å². The molecule has 7 atom stereocenters. The SMILES string of the molecule is CC.CC1C/C=C/C(O)C2CCC2CN2C[C@@]3(CCCc4cc(Cl)ccc43)COc3ccc(cc32)C(=O)NS(=O)C1C.Fc1cccnc1. The zero-order valence-electron chi connectivity index (χ0n) is 28.9. The molecule has 10 heteroatoms. The molecule has 6 unspecified atom stereocenters. The van der Waals surface area contributed by atoms with Gasteiger partial charge in [0.05, 0.1) is 29.8 Å². The molecule has 3 heterocycles. The van der Waals surface area contributed by atoms with Crippen LogP contribution in [-0.4, -0.2) is 51.3 Å². The van der Waals surface area contributed by atoms with Crippen LogP contribution in [0.25, 0.3) is 0 Å². The summed E-state index contributed by atoms with van der Waals surface area (Å²) in [5.41, 5.74) is 3.75. The molecule has 4 aliphatic rings. The molecule has 1 saturated carbocycles. The standard InChI is InChI=1S/C32H39ClN2O4S.C5H4FN.C2H6/c1-20-5-3-7-29(36)26-11-8-24(26)17-35-18-32(14-4-6-22-15-25(33)10-12-27(22)32)19-39-30-13-9-23(16-28(30)35)31(37)34-40(38)21(20)2;6-5-2-1-3-7-4-5;1-2/h3,7,9-10,12-13,15-16,20-21,24,26,29,36H,4-6,8,11,14,17-19H2,1-2H3,(H,34,37);1-4H;1-2H3/b7-3+;;/t20?,21?,24?,26?,29?,32-,40?;;/m0../s1. The number of aromatic nitrogens is 1. The molecule has 7 nitrogen and oxygen atoms in total. The summed E-state index contributed by atoms with van der Waals surface area (Å²) < 4.78 is 34.2. The number of aryl methyl sites for hydroxylation is 1. The lowest BCUT2D eigenvalue weighted by Crippen LogP contribution is -2.49. The first-order chi connectivity index (χ1) is 23.6. The van der Waals surface area contributed by atoms with Crippen LogP contribution < -0.4 is 14.4 Å². The number of hydrogen-bond donors (Lipinski definition) is 2. The molecular formula is C39H49ClFN3O4S. The lowest BCUT2D eigenvalue weighted by Gasteiger charge is -2.45.